The van der Waals surface area contributed by atoms with Crippen LogP contribution in [0, 0.1) is 0 Å². The summed E-state index contributed by atoms with van der Waals surface area (Å²) in [6.07, 6.45) is 4.83. The van der Waals surface area contributed by atoms with Crippen LogP contribution in [-0.2, 0) is 24.0 Å². The molecule has 0 aromatic heterocycles. The Morgan fingerprint density at radius 2 is 0.947 bits per heavy atom. The van der Waals surface area contributed by atoms with E-state index in [1.807, 2.05) is 0 Å². The van der Waals surface area contributed by atoms with E-state index in [-0.39, 0.29) is 28.7 Å². The highest BCUT2D eigenvalue weighted by atomic mass is 16.6. The maximum Gasteiger partial charge on any atom is 0.336 e. The first-order valence-electron chi connectivity index (χ1n) is 10.6. The fourth-order valence-electron chi connectivity index (χ4n) is 2.66. The number of ether oxygens (including phenoxy) is 5. The highest BCUT2D eigenvalue weighted by Crippen LogP contribution is 2.32. The molecule has 0 fully saturated rings. The molecule has 0 aliphatic carbocycles. The fraction of sp³-hybridized carbons (Fsp3) is 0.0357. The standard InChI is InChI=1S/C28H22O10/c1-6-24(29)34-19-14-20(35-25(30)7-2)16-21(15-19)36-28(33)12-17(5)18-10-11-22(37-26(31)8-3)23(13-18)38-27(32)9-4/h6-16H,1-4H2,5H3/b17-12+. The third kappa shape index (κ3) is 8.61. The summed E-state index contributed by atoms with van der Waals surface area (Å²) in [7, 11) is 0. The lowest BCUT2D eigenvalue weighted by atomic mass is 10.1. The first-order chi connectivity index (χ1) is 18.1. The molecule has 194 valence electrons. The van der Waals surface area contributed by atoms with Gasteiger partial charge in [0.15, 0.2) is 11.5 Å². The molecule has 2 aromatic rings. The molecule has 0 amide bonds. The summed E-state index contributed by atoms with van der Waals surface area (Å²) in [5.41, 5.74) is 0.793. The topological polar surface area (TPSA) is 132 Å². The van der Waals surface area contributed by atoms with Crippen molar-refractivity contribution in [3.63, 3.8) is 0 Å². The van der Waals surface area contributed by atoms with Gasteiger partial charge in [0.1, 0.15) is 17.2 Å². The van der Waals surface area contributed by atoms with Gasteiger partial charge in [-0.1, -0.05) is 32.4 Å². The third-order valence-corrected chi connectivity index (χ3v) is 4.33. The van der Waals surface area contributed by atoms with Crippen molar-refractivity contribution in [2.45, 2.75) is 6.92 Å². The molecule has 0 spiro atoms. The van der Waals surface area contributed by atoms with Gasteiger partial charge in [0.2, 0.25) is 0 Å². The summed E-state index contributed by atoms with van der Waals surface area (Å²) in [5.74, 6) is -4.42. The zero-order valence-electron chi connectivity index (χ0n) is 20.3. The Morgan fingerprint density at radius 1 is 0.553 bits per heavy atom. The second-order valence-electron chi connectivity index (χ2n) is 7.05. The van der Waals surface area contributed by atoms with E-state index in [0.29, 0.717) is 11.1 Å². The Hall–Kier alpha value is -5.51. The smallest absolute Gasteiger partial charge is 0.336 e. The lowest BCUT2D eigenvalue weighted by Gasteiger charge is -2.11. The van der Waals surface area contributed by atoms with E-state index in [1.54, 1.807) is 6.92 Å². The summed E-state index contributed by atoms with van der Waals surface area (Å²) >= 11 is 0. The molecule has 10 heteroatoms. The largest absolute Gasteiger partial charge is 0.423 e. The van der Waals surface area contributed by atoms with Crippen LogP contribution in [0.15, 0.2) is 93.1 Å². The molecule has 0 heterocycles. The van der Waals surface area contributed by atoms with Crippen LogP contribution in [0.4, 0.5) is 0 Å². The second-order valence-corrected chi connectivity index (χ2v) is 7.05. The molecule has 0 N–H and O–H groups in total. The predicted molar refractivity (Wildman–Crippen MR) is 135 cm³/mol. The average Bonchev–Trinajstić information content (AvgIpc) is 2.88. The molecule has 10 nitrogen and oxygen atoms in total. The molecule has 0 aliphatic heterocycles. The van der Waals surface area contributed by atoms with Crippen LogP contribution in [0.1, 0.15) is 12.5 Å². The van der Waals surface area contributed by atoms with Gasteiger partial charge in [0.05, 0.1) is 0 Å². The van der Waals surface area contributed by atoms with Crippen molar-refractivity contribution in [1.29, 1.82) is 0 Å². The Balaban J connectivity index is 2.34. The van der Waals surface area contributed by atoms with Gasteiger partial charge in [-0.15, -0.1) is 0 Å². The zero-order chi connectivity index (χ0) is 28.2. The van der Waals surface area contributed by atoms with Crippen LogP contribution in [0.3, 0.4) is 0 Å². The summed E-state index contributed by atoms with van der Waals surface area (Å²) < 4.78 is 25.5. The average molecular weight is 518 g/mol. The minimum Gasteiger partial charge on any atom is -0.423 e. The zero-order valence-corrected chi connectivity index (χ0v) is 20.3. The van der Waals surface area contributed by atoms with Crippen LogP contribution in [0.2, 0.25) is 0 Å². The SMILES string of the molecule is C=CC(=O)Oc1cc(OC(=O)C=C)cc(OC(=O)/C=C(\C)c2ccc(OC(=O)C=C)c(OC(=O)C=C)c2)c1. The molecule has 0 unspecified atom stereocenters. The van der Waals surface area contributed by atoms with Crippen molar-refractivity contribution in [3.8, 4) is 28.7 Å². The molecule has 0 atom stereocenters. The molecule has 2 aromatic carbocycles. The van der Waals surface area contributed by atoms with Gasteiger partial charge in [-0.2, -0.15) is 0 Å². The minimum atomic E-state index is -0.845. The van der Waals surface area contributed by atoms with E-state index < -0.39 is 29.8 Å². The lowest BCUT2D eigenvalue weighted by Crippen LogP contribution is -2.09. The van der Waals surface area contributed by atoms with Crippen LogP contribution < -0.4 is 23.7 Å². The van der Waals surface area contributed by atoms with Crippen molar-refractivity contribution in [1.82, 2.24) is 0 Å². The molecule has 0 radical (unpaired) electrons. The second kappa shape index (κ2) is 13.5. The van der Waals surface area contributed by atoms with Gasteiger partial charge in [-0.3, -0.25) is 0 Å². The van der Waals surface area contributed by atoms with Crippen molar-refractivity contribution in [3.05, 3.63) is 98.7 Å². The number of hydrogen-bond donors (Lipinski definition) is 0. The van der Waals surface area contributed by atoms with E-state index >= 15 is 0 Å². The van der Waals surface area contributed by atoms with Gasteiger partial charge in [0.25, 0.3) is 0 Å². The minimum absolute atomic E-state index is 0.0586. The monoisotopic (exact) mass is 518 g/mol. The molecular weight excluding hydrogens is 496 g/mol. The lowest BCUT2D eigenvalue weighted by molar-refractivity contribution is -0.131. The first-order valence-corrected chi connectivity index (χ1v) is 10.6. The van der Waals surface area contributed by atoms with Crippen molar-refractivity contribution in [2.75, 3.05) is 0 Å². The summed E-state index contributed by atoms with van der Waals surface area (Å²) in [5, 5.41) is 0. The van der Waals surface area contributed by atoms with Crippen molar-refractivity contribution in [2.24, 2.45) is 0 Å². The number of carbonyl (C=O) groups is 5. The number of benzene rings is 2. The van der Waals surface area contributed by atoms with Crippen molar-refractivity contribution >= 4 is 35.4 Å². The van der Waals surface area contributed by atoms with Crippen LogP contribution in [-0.4, -0.2) is 29.8 Å². The van der Waals surface area contributed by atoms with Crippen molar-refractivity contribution < 1.29 is 47.7 Å². The molecular formula is C28H22O10. The number of esters is 5. The molecule has 38 heavy (non-hydrogen) atoms. The molecule has 2 rings (SSSR count). The fourth-order valence-corrected chi connectivity index (χ4v) is 2.66. The Morgan fingerprint density at radius 3 is 1.39 bits per heavy atom. The molecule has 0 bridgehead atoms. The maximum atomic E-state index is 12.6. The van der Waals surface area contributed by atoms with E-state index in [1.165, 1.54) is 36.4 Å². The first kappa shape index (κ1) is 28.7. The summed E-state index contributed by atoms with van der Waals surface area (Å²) in [4.78, 5) is 59.1. The number of allylic oxidation sites excluding steroid dienone is 1. The van der Waals surface area contributed by atoms with E-state index in [2.05, 4.69) is 26.3 Å². The van der Waals surface area contributed by atoms with E-state index in [0.717, 1.165) is 30.4 Å². The van der Waals surface area contributed by atoms with Crippen LogP contribution in [0.5, 0.6) is 28.7 Å². The van der Waals surface area contributed by atoms with Gasteiger partial charge in [-0.25, -0.2) is 24.0 Å². The molecule has 0 saturated heterocycles. The van der Waals surface area contributed by atoms with E-state index in [9.17, 15) is 24.0 Å². The van der Waals surface area contributed by atoms with Gasteiger partial charge in [0, 0.05) is 48.6 Å². The quantitative estimate of drug-likeness (QED) is 0.244. The number of carbonyl (C=O) groups excluding carboxylic acids is 5. The normalized spacial score (nSPS) is 10.3. The van der Waals surface area contributed by atoms with Gasteiger partial charge in [-0.05, 0) is 30.2 Å². The highest BCUT2D eigenvalue weighted by Gasteiger charge is 2.15. The van der Waals surface area contributed by atoms with E-state index in [4.69, 9.17) is 23.7 Å². The van der Waals surface area contributed by atoms with Gasteiger partial charge < -0.3 is 23.7 Å². The highest BCUT2D eigenvalue weighted by molar-refractivity contribution is 5.93. The predicted octanol–water partition coefficient (Wildman–Crippen LogP) is 4.06. The number of rotatable bonds is 11. The number of hydrogen-bond acceptors (Lipinski definition) is 10. The Bertz CT molecular complexity index is 1320. The Kier molecular flexibility index (Phi) is 10.2. The van der Waals surface area contributed by atoms with Crippen LogP contribution in [0.25, 0.3) is 5.57 Å². The molecule has 0 aliphatic rings. The molecule has 0 saturated carbocycles. The van der Waals surface area contributed by atoms with Crippen LogP contribution >= 0.6 is 0 Å². The maximum absolute atomic E-state index is 12.6. The summed E-state index contributed by atoms with van der Waals surface area (Å²) in [6, 6.07) is 7.93. The van der Waals surface area contributed by atoms with Gasteiger partial charge >= 0.3 is 29.8 Å². The third-order valence-electron chi connectivity index (χ3n) is 4.33. The Labute approximate surface area is 217 Å². The summed E-state index contributed by atoms with van der Waals surface area (Å²) in [6.45, 7) is 14.8.